The second-order valence-electron chi connectivity index (χ2n) is 7.24. The molecule has 1 fully saturated rings. The smallest absolute Gasteiger partial charge is 0.257 e. The van der Waals surface area contributed by atoms with E-state index in [1.807, 2.05) is 32.0 Å². The Morgan fingerprint density at radius 2 is 2.26 bits per heavy atom. The first kappa shape index (κ1) is 21.4. The minimum atomic E-state index is 0. The molecule has 1 aromatic heterocycles. The lowest BCUT2D eigenvalue weighted by Crippen LogP contribution is -2.34. The lowest BCUT2D eigenvalue weighted by molar-refractivity contribution is -0.117. The average molecular weight is 393 g/mol. The maximum absolute atomic E-state index is 12.5. The van der Waals surface area contributed by atoms with E-state index in [-0.39, 0.29) is 18.3 Å². The van der Waals surface area contributed by atoms with E-state index >= 15 is 0 Å². The first-order valence-corrected chi connectivity index (χ1v) is 9.51. The molecule has 2 aromatic rings. The van der Waals surface area contributed by atoms with Gasteiger partial charge in [-0.15, -0.1) is 12.4 Å². The van der Waals surface area contributed by atoms with Gasteiger partial charge in [-0.1, -0.05) is 25.1 Å². The van der Waals surface area contributed by atoms with E-state index in [4.69, 9.17) is 4.52 Å². The molecule has 0 spiro atoms. The molecule has 1 aliphatic rings. The summed E-state index contributed by atoms with van der Waals surface area (Å²) < 4.78 is 5.30. The van der Waals surface area contributed by atoms with Crippen molar-refractivity contribution in [3.8, 4) is 11.5 Å². The number of piperidine rings is 1. The summed E-state index contributed by atoms with van der Waals surface area (Å²) in [6.45, 7) is 8.25. The van der Waals surface area contributed by atoms with Crippen LogP contribution in [0.25, 0.3) is 11.5 Å². The summed E-state index contributed by atoms with van der Waals surface area (Å²) in [6.07, 6.45) is 3.66. The van der Waals surface area contributed by atoms with Crippen LogP contribution in [0.2, 0.25) is 0 Å². The molecule has 1 saturated heterocycles. The van der Waals surface area contributed by atoms with Crippen molar-refractivity contribution < 1.29 is 9.32 Å². The molecule has 2 N–H and O–H groups in total. The molecule has 1 aliphatic heterocycles. The predicted octanol–water partition coefficient (Wildman–Crippen LogP) is 3.99. The number of carbonyl (C=O) groups excluding carboxylic acids is 1. The van der Waals surface area contributed by atoms with Crippen molar-refractivity contribution in [2.24, 2.45) is 11.8 Å². The first-order chi connectivity index (χ1) is 12.6. The third kappa shape index (κ3) is 5.53. The number of rotatable bonds is 6. The molecule has 7 heteroatoms. The predicted molar refractivity (Wildman–Crippen MR) is 109 cm³/mol. The van der Waals surface area contributed by atoms with Gasteiger partial charge in [0, 0.05) is 24.1 Å². The Hall–Kier alpha value is -1.92. The van der Waals surface area contributed by atoms with E-state index in [9.17, 15) is 4.79 Å². The number of carbonyl (C=O) groups is 1. The molecule has 0 radical (unpaired) electrons. The van der Waals surface area contributed by atoms with Crippen molar-refractivity contribution in [1.82, 2.24) is 15.5 Å². The average Bonchev–Trinajstić information content (AvgIpc) is 3.13. The van der Waals surface area contributed by atoms with E-state index in [0.29, 0.717) is 30.0 Å². The van der Waals surface area contributed by atoms with Gasteiger partial charge >= 0.3 is 0 Å². The minimum Gasteiger partial charge on any atom is -0.334 e. The third-order valence-electron chi connectivity index (χ3n) is 5.19. The van der Waals surface area contributed by atoms with E-state index in [1.54, 1.807) is 0 Å². The van der Waals surface area contributed by atoms with E-state index in [2.05, 4.69) is 27.7 Å². The summed E-state index contributed by atoms with van der Waals surface area (Å²) in [5.41, 5.74) is 2.64. The van der Waals surface area contributed by atoms with Gasteiger partial charge < -0.3 is 15.2 Å². The highest BCUT2D eigenvalue weighted by atomic mass is 35.5. The molecule has 2 atom stereocenters. The van der Waals surface area contributed by atoms with Crippen LogP contribution in [0.15, 0.2) is 22.7 Å². The van der Waals surface area contributed by atoms with Gasteiger partial charge in [-0.05, 0) is 62.4 Å². The standard InChI is InChI=1S/C20H28N4O2.ClH/c1-4-18-23-20(26-24-18)15-8-7-13(2)17(11-15)22-19(25)10-14(3)16-6-5-9-21-12-16;/h7-8,11,14,16,21H,4-6,9-10,12H2,1-3H3,(H,22,25);1H. The molecular weight excluding hydrogens is 364 g/mol. The minimum absolute atomic E-state index is 0. The van der Waals surface area contributed by atoms with Crippen LogP contribution in [-0.4, -0.2) is 29.1 Å². The van der Waals surface area contributed by atoms with Gasteiger partial charge in [-0.3, -0.25) is 4.79 Å². The highest BCUT2D eigenvalue weighted by Crippen LogP contribution is 2.26. The van der Waals surface area contributed by atoms with Crippen LogP contribution < -0.4 is 10.6 Å². The molecule has 0 saturated carbocycles. The van der Waals surface area contributed by atoms with Gasteiger partial charge in [0.05, 0.1) is 0 Å². The highest BCUT2D eigenvalue weighted by Gasteiger charge is 2.22. The number of aromatic nitrogens is 2. The van der Waals surface area contributed by atoms with Crippen molar-refractivity contribution in [2.45, 2.75) is 46.5 Å². The Morgan fingerprint density at radius 3 is 2.93 bits per heavy atom. The quantitative estimate of drug-likeness (QED) is 0.776. The number of benzene rings is 1. The molecule has 1 amide bonds. The molecule has 27 heavy (non-hydrogen) atoms. The zero-order chi connectivity index (χ0) is 18.5. The van der Waals surface area contributed by atoms with Gasteiger partial charge in [0.15, 0.2) is 5.82 Å². The summed E-state index contributed by atoms with van der Waals surface area (Å²) in [5.74, 6) is 2.17. The summed E-state index contributed by atoms with van der Waals surface area (Å²) in [4.78, 5) is 16.9. The van der Waals surface area contributed by atoms with Crippen LogP contribution >= 0.6 is 12.4 Å². The fourth-order valence-electron chi connectivity index (χ4n) is 3.43. The maximum atomic E-state index is 12.5. The lowest BCUT2D eigenvalue weighted by atomic mass is 9.85. The van der Waals surface area contributed by atoms with E-state index < -0.39 is 0 Å². The Kier molecular flexibility index (Phi) is 7.80. The number of hydrogen-bond donors (Lipinski definition) is 2. The molecule has 2 unspecified atom stereocenters. The number of aryl methyl sites for hydroxylation is 2. The Labute approximate surface area is 166 Å². The third-order valence-corrected chi connectivity index (χ3v) is 5.19. The molecular formula is C20H29ClN4O2. The van der Waals surface area contributed by atoms with Gasteiger partial charge in [0.2, 0.25) is 5.91 Å². The summed E-state index contributed by atoms with van der Waals surface area (Å²) in [6, 6.07) is 5.82. The van der Waals surface area contributed by atoms with E-state index in [0.717, 1.165) is 36.3 Å². The van der Waals surface area contributed by atoms with E-state index in [1.165, 1.54) is 12.8 Å². The fraction of sp³-hybridized carbons (Fsp3) is 0.550. The second kappa shape index (κ2) is 9.85. The normalized spacial score (nSPS) is 17.8. The molecule has 3 rings (SSSR count). The van der Waals surface area contributed by atoms with Crippen LogP contribution in [0.1, 0.15) is 44.5 Å². The Morgan fingerprint density at radius 1 is 1.44 bits per heavy atom. The number of anilines is 1. The number of nitrogens with zero attached hydrogens (tertiary/aromatic N) is 2. The highest BCUT2D eigenvalue weighted by molar-refractivity contribution is 5.92. The van der Waals surface area contributed by atoms with Crippen molar-refractivity contribution >= 4 is 24.0 Å². The first-order valence-electron chi connectivity index (χ1n) is 9.51. The number of nitrogens with one attached hydrogen (secondary N) is 2. The number of hydrogen-bond acceptors (Lipinski definition) is 5. The van der Waals surface area contributed by atoms with Gasteiger partial charge in [-0.2, -0.15) is 4.98 Å². The molecule has 0 bridgehead atoms. The monoisotopic (exact) mass is 392 g/mol. The molecule has 2 heterocycles. The fourth-order valence-corrected chi connectivity index (χ4v) is 3.43. The largest absolute Gasteiger partial charge is 0.334 e. The molecule has 1 aromatic carbocycles. The summed E-state index contributed by atoms with van der Waals surface area (Å²) in [5, 5.41) is 10.4. The molecule has 0 aliphatic carbocycles. The molecule has 6 nitrogen and oxygen atoms in total. The Balaban J connectivity index is 0.00000261. The summed E-state index contributed by atoms with van der Waals surface area (Å²) in [7, 11) is 0. The lowest BCUT2D eigenvalue weighted by Gasteiger charge is -2.28. The second-order valence-corrected chi connectivity index (χ2v) is 7.24. The molecule has 148 valence electrons. The van der Waals surface area contributed by atoms with Crippen molar-refractivity contribution in [3.05, 3.63) is 29.6 Å². The Bertz CT molecular complexity index is 756. The van der Waals surface area contributed by atoms with Crippen LogP contribution in [0.4, 0.5) is 5.69 Å². The van der Waals surface area contributed by atoms with Crippen LogP contribution in [0.3, 0.4) is 0 Å². The van der Waals surface area contributed by atoms with Gasteiger partial charge in [0.25, 0.3) is 5.89 Å². The number of halogens is 1. The van der Waals surface area contributed by atoms with Gasteiger partial charge in [-0.25, -0.2) is 0 Å². The maximum Gasteiger partial charge on any atom is 0.257 e. The van der Waals surface area contributed by atoms with Crippen LogP contribution in [0.5, 0.6) is 0 Å². The van der Waals surface area contributed by atoms with Crippen LogP contribution in [0, 0.1) is 18.8 Å². The number of amides is 1. The van der Waals surface area contributed by atoms with Gasteiger partial charge in [0.1, 0.15) is 0 Å². The zero-order valence-electron chi connectivity index (χ0n) is 16.2. The topological polar surface area (TPSA) is 80.0 Å². The summed E-state index contributed by atoms with van der Waals surface area (Å²) >= 11 is 0. The van der Waals surface area contributed by atoms with Crippen molar-refractivity contribution in [1.29, 1.82) is 0 Å². The van der Waals surface area contributed by atoms with Crippen LogP contribution in [-0.2, 0) is 11.2 Å². The van der Waals surface area contributed by atoms with Crippen molar-refractivity contribution in [3.63, 3.8) is 0 Å². The SMILES string of the molecule is CCc1noc(-c2ccc(C)c(NC(=O)CC(C)C3CCCNC3)c2)n1.Cl. The zero-order valence-corrected chi connectivity index (χ0v) is 17.1. The van der Waals surface area contributed by atoms with Crippen molar-refractivity contribution in [2.75, 3.05) is 18.4 Å².